The average Bonchev–Trinajstić information content (AvgIpc) is 3.11. The third kappa shape index (κ3) is 3.92. The molecule has 1 spiro atoms. The molecule has 0 aliphatic carbocycles. The van der Waals surface area contributed by atoms with Crippen LogP contribution in [0.5, 0.6) is 11.5 Å². The van der Waals surface area contributed by atoms with E-state index in [1.54, 1.807) is 28.8 Å². The van der Waals surface area contributed by atoms with Crippen molar-refractivity contribution in [3.8, 4) is 11.5 Å². The summed E-state index contributed by atoms with van der Waals surface area (Å²) in [5.41, 5.74) is -1.37. The Labute approximate surface area is 203 Å². The van der Waals surface area contributed by atoms with Gasteiger partial charge in [0.25, 0.3) is 0 Å². The van der Waals surface area contributed by atoms with Crippen LogP contribution in [0.25, 0.3) is 0 Å². The molecule has 37 heavy (non-hydrogen) atoms. The minimum absolute atomic E-state index is 0.142. The van der Waals surface area contributed by atoms with Crippen LogP contribution in [0.15, 0.2) is 60.7 Å². The second-order valence-corrected chi connectivity index (χ2v) is 8.04. The van der Waals surface area contributed by atoms with Gasteiger partial charge in [-0.25, -0.2) is 4.79 Å². The van der Waals surface area contributed by atoms with Gasteiger partial charge >= 0.3 is 30.1 Å². The van der Waals surface area contributed by atoms with E-state index in [0.29, 0.717) is 5.56 Å². The molecule has 2 amide bonds. The number of nitrogens with one attached hydrogen (secondary N) is 2. The van der Waals surface area contributed by atoms with Crippen LogP contribution in [0.4, 0.5) is 37.7 Å². The Balaban J connectivity index is 1.66. The van der Waals surface area contributed by atoms with Gasteiger partial charge in [-0.2, -0.15) is 26.3 Å². The molecule has 0 saturated heterocycles. The molecule has 0 atom stereocenters. The summed E-state index contributed by atoms with van der Waals surface area (Å²) in [4.78, 5) is 35.6. The predicted octanol–water partition coefficient (Wildman–Crippen LogP) is 5.26. The van der Waals surface area contributed by atoms with Crippen LogP contribution in [-0.4, -0.2) is 30.1 Å². The fourth-order valence-corrected chi connectivity index (χ4v) is 4.24. The highest BCUT2D eigenvalue weighted by Crippen LogP contribution is 2.56. The van der Waals surface area contributed by atoms with Gasteiger partial charge in [0.05, 0.1) is 5.56 Å². The summed E-state index contributed by atoms with van der Waals surface area (Å²) in [6, 6.07) is 13.3. The van der Waals surface area contributed by atoms with Crippen molar-refractivity contribution in [3.05, 3.63) is 82.9 Å². The number of halogens is 6. The van der Waals surface area contributed by atoms with Gasteiger partial charge in [-0.05, 0) is 30.3 Å². The lowest BCUT2D eigenvalue weighted by atomic mass is 9.77. The van der Waals surface area contributed by atoms with E-state index in [0.717, 1.165) is 24.3 Å². The number of hydrogen-bond donors (Lipinski definition) is 2. The number of amides is 2. The summed E-state index contributed by atoms with van der Waals surface area (Å²) < 4.78 is 88.0. The van der Waals surface area contributed by atoms with E-state index in [-0.39, 0.29) is 39.6 Å². The number of hydrogen-bond acceptors (Lipinski definition) is 5. The summed E-state index contributed by atoms with van der Waals surface area (Å²) in [5, 5.41) is 3.37. The Morgan fingerprint density at radius 3 is 1.68 bits per heavy atom. The molecule has 2 aliphatic rings. The molecular weight excluding hydrogens is 510 g/mol. The van der Waals surface area contributed by atoms with Crippen LogP contribution in [0.1, 0.15) is 27.0 Å². The van der Waals surface area contributed by atoms with Gasteiger partial charge in [0.2, 0.25) is 0 Å². The zero-order valence-corrected chi connectivity index (χ0v) is 18.1. The summed E-state index contributed by atoms with van der Waals surface area (Å²) >= 11 is 0. The summed E-state index contributed by atoms with van der Waals surface area (Å²) in [6.07, 6.45) is -10.3. The fourth-order valence-electron chi connectivity index (χ4n) is 4.24. The van der Waals surface area contributed by atoms with Gasteiger partial charge < -0.3 is 20.1 Å². The number of esters is 1. The molecule has 0 aromatic heterocycles. The van der Waals surface area contributed by atoms with Crippen LogP contribution in [-0.2, 0) is 19.9 Å². The maximum Gasteiger partial charge on any atom is 0.471 e. The number of fused-ring (bicyclic) bond motifs is 6. The van der Waals surface area contributed by atoms with Gasteiger partial charge in [0.1, 0.15) is 11.5 Å². The van der Waals surface area contributed by atoms with E-state index in [4.69, 9.17) is 9.47 Å². The first-order valence-corrected chi connectivity index (χ1v) is 10.4. The Morgan fingerprint density at radius 1 is 0.703 bits per heavy atom. The number of rotatable bonds is 2. The molecule has 3 aromatic carbocycles. The minimum atomic E-state index is -5.17. The molecule has 2 N–H and O–H groups in total. The van der Waals surface area contributed by atoms with Crippen LogP contribution < -0.4 is 15.4 Å². The smallest absolute Gasteiger partial charge is 0.456 e. The standard InChI is InChI=1S/C24H12F6N2O5/c25-23(26,27)20(34)31-11-5-7-15-17(9-11)36-18-10-12(32-21(35)24(28,29)30)6-8-16(18)22(15)14-4-2-1-3-13(14)19(33)37-22/h1-10H,(H,31,34)(H,32,35). The molecule has 13 heteroatoms. The topological polar surface area (TPSA) is 93.7 Å². The van der Waals surface area contributed by atoms with E-state index < -0.39 is 35.7 Å². The van der Waals surface area contributed by atoms with E-state index >= 15 is 0 Å². The number of carbonyl (C=O) groups is 3. The van der Waals surface area contributed by atoms with Gasteiger partial charge in [0.15, 0.2) is 5.60 Å². The van der Waals surface area contributed by atoms with Gasteiger partial charge in [-0.15, -0.1) is 0 Å². The second kappa shape index (κ2) is 7.98. The molecule has 0 bridgehead atoms. The van der Waals surface area contributed by atoms with Crippen LogP contribution in [0.3, 0.4) is 0 Å². The molecule has 7 nitrogen and oxygen atoms in total. The maximum atomic E-state index is 12.8. The summed E-state index contributed by atoms with van der Waals surface area (Å²) in [5.74, 6) is -5.49. The lowest BCUT2D eigenvalue weighted by Gasteiger charge is -2.36. The van der Waals surface area contributed by atoms with E-state index in [9.17, 15) is 40.7 Å². The molecule has 5 rings (SSSR count). The highest BCUT2D eigenvalue weighted by Gasteiger charge is 2.53. The van der Waals surface area contributed by atoms with E-state index in [1.807, 2.05) is 0 Å². The second-order valence-electron chi connectivity index (χ2n) is 8.04. The van der Waals surface area contributed by atoms with Crippen molar-refractivity contribution in [1.29, 1.82) is 0 Å². The van der Waals surface area contributed by atoms with Crippen molar-refractivity contribution < 1.29 is 50.2 Å². The number of carbonyl (C=O) groups excluding carboxylic acids is 3. The van der Waals surface area contributed by atoms with Crippen LogP contribution in [0.2, 0.25) is 0 Å². The molecule has 2 aliphatic heterocycles. The number of benzene rings is 3. The Hall–Kier alpha value is -4.55. The number of anilines is 2. The Kier molecular flexibility index (Phi) is 5.21. The SMILES string of the molecule is O=C1OC2(c3ccc(NC(=O)C(F)(F)F)cc3Oc3cc(NC(=O)C(F)(F)F)ccc32)c2ccccc21. The zero-order valence-electron chi connectivity index (χ0n) is 18.1. The Morgan fingerprint density at radius 2 is 1.19 bits per heavy atom. The van der Waals surface area contributed by atoms with Gasteiger partial charge in [-0.1, -0.05) is 18.2 Å². The van der Waals surface area contributed by atoms with Crippen molar-refractivity contribution in [3.63, 3.8) is 0 Å². The Bertz CT molecular complexity index is 1400. The van der Waals surface area contributed by atoms with Gasteiger partial charge in [-0.3, -0.25) is 9.59 Å². The maximum absolute atomic E-state index is 12.8. The van der Waals surface area contributed by atoms with Crippen molar-refractivity contribution in [2.24, 2.45) is 0 Å². The molecule has 190 valence electrons. The molecule has 0 saturated carbocycles. The van der Waals surface area contributed by atoms with E-state index in [1.165, 1.54) is 18.2 Å². The average molecular weight is 522 g/mol. The first kappa shape index (κ1) is 24.2. The zero-order chi connectivity index (χ0) is 26.8. The molecular formula is C24H12F6N2O5. The van der Waals surface area contributed by atoms with Crippen molar-refractivity contribution in [2.45, 2.75) is 18.0 Å². The third-order valence-electron chi connectivity index (χ3n) is 5.74. The first-order chi connectivity index (χ1) is 17.3. The van der Waals surface area contributed by atoms with Crippen molar-refractivity contribution in [1.82, 2.24) is 0 Å². The van der Waals surface area contributed by atoms with Crippen molar-refractivity contribution in [2.75, 3.05) is 10.6 Å². The van der Waals surface area contributed by atoms with Crippen molar-refractivity contribution >= 4 is 29.2 Å². The normalized spacial score (nSPS) is 15.1. The monoisotopic (exact) mass is 522 g/mol. The molecule has 2 heterocycles. The molecule has 0 fully saturated rings. The summed E-state index contributed by atoms with van der Waals surface area (Å²) in [7, 11) is 0. The lowest BCUT2D eigenvalue weighted by Crippen LogP contribution is -2.34. The lowest BCUT2D eigenvalue weighted by molar-refractivity contribution is -0.167. The van der Waals surface area contributed by atoms with Crippen LogP contribution >= 0.6 is 0 Å². The van der Waals surface area contributed by atoms with Gasteiger partial charge in [0, 0.05) is 40.2 Å². The molecule has 0 unspecified atom stereocenters. The predicted molar refractivity (Wildman–Crippen MR) is 114 cm³/mol. The highest BCUT2D eigenvalue weighted by molar-refractivity contribution is 5.98. The third-order valence-corrected chi connectivity index (χ3v) is 5.74. The molecule has 3 aromatic rings. The van der Waals surface area contributed by atoms with Crippen LogP contribution in [0, 0.1) is 0 Å². The quantitative estimate of drug-likeness (QED) is 0.354. The minimum Gasteiger partial charge on any atom is -0.456 e. The fraction of sp³-hybridized carbons (Fsp3) is 0.125. The number of ether oxygens (including phenoxy) is 2. The summed E-state index contributed by atoms with van der Waals surface area (Å²) in [6.45, 7) is 0. The first-order valence-electron chi connectivity index (χ1n) is 10.4. The highest BCUT2D eigenvalue weighted by atomic mass is 19.4. The molecule has 0 radical (unpaired) electrons. The largest absolute Gasteiger partial charge is 0.471 e. The van der Waals surface area contributed by atoms with E-state index in [2.05, 4.69) is 0 Å². The number of alkyl halides is 6.